The van der Waals surface area contributed by atoms with Crippen molar-refractivity contribution in [3.63, 3.8) is 0 Å². The van der Waals surface area contributed by atoms with Crippen LogP contribution in [0.2, 0.25) is 0 Å². The molecule has 0 spiro atoms. The molecule has 1 aromatic heterocycles. The zero-order chi connectivity index (χ0) is 12.3. The van der Waals surface area contributed by atoms with Gasteiger partial charge in [0, 0.05) is 17.1 Å². The number of aromatic nitrogens is 2. The molecule has 0 aliphatic carbocycles. The van der Waals surface area contributed by atoms with Gasteiger partial charge in [-0.05, 0) is 40.5 Å². The van der Waals surface area contributed by atoms with Gasteiger partial charge in [-0.1, -0.05) is 28.1 Å². The largest absolute Gasteiger partial charge is 0.366 e. The molecule has 1 N–H and O–H groups in total. The average molecular weight is 357 g/mol. The van der Waals surface area contributed by atoms with E-state index < -0.39 is 0 Å². The number of nitrogens with one attached hydrogen (secondary N) is 1. The summed E-state index contributed by atoms with van der Waals surface area (Å²) in [6.45, 7) is 2.62. The van der Waals surface area contributed by atoms with Crippen LogP contribution in [-0.2, 0) is 6.54 Å². The zero-order valence-corrected chi connectivity index (χ0v) is 12.4. The predicted octanol–water partition coefficient (Wildman–Crippen LogP) is 3.92. The molecule has 5 heteroatoms. The van der Waals surface area contributed by atoms with E-state index in [2.05, 4.69) is 59.3 Å². The van der Waals surface area contributed by atoms with Crippen molar-refractivity contribution in [2.45, 2.75) is 13.5 Å². The van der Waals surface area contributed by atoms with E-state index in [4.69, 9.17) is 0 Å². The molecule has 1 heterocycles. The summed E-state index contributed by atoms with van der Waals surface area (Å²) in [6, 6.07) is 10.1. The SMILES string of the molecule is Cc1nc(Br)cc(NCc2ccc(Br)cc2)n1. The second-order valence-corrected chi connectivity index (χ2v) is 5.33. The van der Waals surface area contributed by atoms with Gasteiger partial charge in [-0.15, -0.1) is 0 Å². The molecule has 0 saturated carbocycles. The van der Waals surface area contributed by atoms with Crippen molar-refractivity contribution >= 4 is 37.7 Å². The van der Waals surface area contributed by atoms with E-state index in [1.54, 1.807) is 0 Å². The number of anilines is 1. The first-order valence-electron chi connectivity index (χ1n) is 5.13. The van der Waals surface area contributed by atoms with Gasteiger partial charge in [-0.3, -0.25) is 0 Å². The van der Waals surface area contributed by atoms with Gasteiger partial charge < -0.3 is 5.32 Å². The third-order valence-corrected chi connectivity index (χ3v) is 3.13. The lowest BCUT2D eigenvalue weighted by molar-refractivity contribution is 1.01. The van der Waals surface area contributed by atoms with E-state index >= 15 is 0 Å². The maximum atomic E-state index is 4.31. The first-order valence-corrected chi connectivity index (χ1v) is 6.71. The summed E-state index contributed by atoms with van der Waals surface area (Å²) in [5.41, 5.74) is 1.21. The number of halogens is 2. The van der Waals surface area contributed by atoms with Crippen LogP contribution in [0.25, 0.3) is 0 Å². The number of aryl methyl sites for hydroxylation is 1. The molecule has 88 valence electrons. The van der Waals surface area contributed by atoms with Gasteiger partial charge in [0.1, 0.15) is 16.2 Å². The van der Waals surface area contributed by atoms with Crippen molar-refractivity contribution in [1.29, 1.82) is 0 Å². The highest BCUT2D eigenvalue weighted by molar-refractivity contribution is 9.10. The van der Waals surface area contributed by atoms with Crippen molar-refractivity contribution < 1.29 is 0 Å². The fourth-order valence-corrected chi connectivity index (χ4v) is 2.15. The molecule has 0 radical (unpaired) electrons. The molecule has 0 bridgehead atoms. The number of nitrogens with zero attached hydrogens (tertiary/aromatic N) is 2. The van der Waals surface area contributed by atoms with E-state index in [9.17, 15) is 0 Å². The van der Waals surface area contributed by atoms with Gasteiger partial charge in [-0.2, -0.15) is 0 Å². The molecular weight excluding hydrogens is 346 g/mol. The van der Waals surface area contributed by atoms with Crippen molar-refractivity contribution in [1.82, 2.24) is 9.97 Å². The molecule has 2 rings (SSSR count). The Hall–Kier alpha value is -0.940. The van der Waals surface area contributed by atoms with Crippen LogP contribution < -0.4 is 5.32 Å². The maximum Gasteiger partial charge on any atom is 0.131 e. The monoisotopic (exact) mass is 355 g/mol. The Morgan fingerprint density at radius 1 is 1.12 bits per heavy atom. The average Bonchev–Trinajstić information content (AvgIpc) is 2.27. The molecule has 1 aromatic carbocycles. The molecule has 2 aromatic rings. The molecule has 0 aliphatic rings. The zero-order valence-electron chi connectivity index (χ0n) is 9.24. The molecule has 0 amide bonds. The summed E-state index contributed by atoms with van der Waals surface area (Å²) in [5.74, 6) is 1.57. The van der Waals surface area contributed by atoms with Crippen molar-refractivity contribution in [3.05, 3.63) is 50.8 Å². The number of hydrogen-bond donors (Lipinski definition) is 1. The normalized spacial score (nSPS) is 10.3. The topological polar surface area (TPSA) is 37.8 Å². The van der Waals surface area contributed by atoms with Crippen LogP contribution in [0.4, 0.5) is 5.82 Å². The molecule has 3 nitrogen and oxygen atoms in total. The molecule has 17 heavy (non-hydrogen) atoms. The maximum absolute atomic E-state index is 4.31. The predicted molar refractivity (Wildman–Crippen MR) is 75.9 cm³/mol. The van der Waals surface area contributed by atoms with Crippen LogP contribution in [0.5, 0.6) is 0 Å². The van der Waals surface area contributed by atoms with Gasteiger partial charge in [0.15, 0.2) is 0 Å². The molecule has 0 unspecified atom stereocenters. The quantitative estimate of drug-likeness (QED) is 0.847. The van der Waals surface area contributed by atoms with Crippen molar-refractivity contribution in [2.24, 2.45) is 0 Å². The Bertz CT molecular complexity index is 491. The van der Waals surface area contributed by atoms with E-state index in [1.807, 2.05) is 25.1 Å². The van der Waals surface area contributed by atoms with E-state index in [0.29, 0.717) is 0 Å². The van der Waals surface area contributed by atoms with Gasteiger partial charge in [-0.25, -0.2) is 9.97 Å². The van der Waals surface area contributed by atoms with Gasteiger partial charge >= 0.3 is 0 Å². The van der Waals surface area contributed by atoms with Crippen LogP contribution in [0.1, 0.15) is 11.4 Å². The summed E-state index contributed by atoms with van der Waals surface area (Å²) in [7, 11) is 0. The third-order valence-electron chi connectivity index (χ3n) is 2.19. The molecule has 0 atom stereocenters. The highest BCUT2D eigenvalue weighted by Gasteiger charge is 1.99. The Morgan fingerprint density at radius 3 is 2.47 bits per heavy atom. The summed E-state index contributed by atoms with van der Waals surface area (Å²) < 4.78 is 1.88. The minimum Gasteiger partial charge on any atom is -0.366 e. The summed E-state index contributed by atoms with van der Waals surface area (Å²) >= 11 is 6.76. The molecule has 0 fully saturated rings. The Labute approximate surface area is 117 Å². The number of hydrogen-bond acceptors (Lipinski definition) is 3. The van der Waals surface area contributed by atoms with Crippen LogP contribution in [0.3, 0.4) is 0 Å². The highest BCUT2D eigenvalue weighted by Crippen LogP contribution is 2.14. The lowest BCUT2D eigenvalue weighted by Crippen LogP contribution is -2.03. The molecule has 0 saturated heterocycles. The smallest absolute Gasteiger partial charge is 0.131 e. The first-order chi connectivity index (χ1) is 8.13. The van der Waals surface area contributed by atoms with Crippen LogP contribution in [0, 0.1) is 6.92 Å². The lowest BCUT2D eigenvalue weighted by atomic mass is 10.2. The van der Waals surface area contributed by atoms with Crippen LogP contribution in [0.15, 0.2) is 39.4 Å². The lowest BCUT2D eigenvalue weighted by Gasteiger charge is -2.06. The minimum atomic E-state index is 0.746. The number of benzene rings is 1. The third kappa shape index (κ3) is 3.78. The standard InChI is InChI=1S/C12H11Br2N3/c1-8-16-11(14)6-12(17-8)15-7-9-2-4-10(13)5-3-9/h2-6H,7H2,1H3,(H,15,16,17). The van der Waals surface area contributed by atoms with Crippen molar-refractivity contribution in [2.75, 3.05) is 5.32 Å². The summed E-state index contributed by atoms with van der Waals surface area (Å²) in [4.78, 5) is 8.47. The van der Waals surface area contributed by atoms with Gasteiger partial charge in [0.2, 0.25) is 0 Å². The Balaban J connectivity index is 2.04. The Kier molecular flexibility index (Phi) is 4.12. The first kappa shape index (κ1) is 12.5. The number of rotatable bonds is 3. The minimum absolute atomic E-state index is 0.746. The fourth-order valence-electron chi connectivity index (χ4n) is 1.42. The highest BCUT2D eigenvalue weighted by atomic mass is 79.9. The van der Waals surface area contributed by atoms with Crippen molar-refractivity contribution in [3.8, 4) is 0 Å². The van der Waals surface area contributed by atoms with Crippen LogP contribution in [-0.4, -0.2) is 9.97 Å². The van der Waals surface area contributed by atoms with Gasteiger partial charge in [0.25, 0.3) is 0 Å². The Morgan fingerprint density at radius 2 is 1.82 bits per heavy atom. The van der Waals surface area contributed by atoms with Crippen LogP contribution >= 0.6 is 31.9 Å². The molecule has 0 aliphatic heterocycles. The fraction of sp³-hybridized carbons (Fsp3) is 0.167. The second kappa shape index (κ2) is 5.60. The van der Waals surface area contributed by atoms with E-state index in [1.165, 1.54) is 5.56 Å². The summed E-state index contributed by atoms with van der Waals surface area (Å²) in [5, 5.41) is 3.27. The van der Waals surface area contributed by atoms with E-state index in [0.717, 1.165) is 27.3 Å². The summed E-state index contributed by atoms with van der Waals surface area (Å²) in [6.07, 6.45) is 0. The molecular formula is C12H11Br2N3. The van der Waals surface area contributed by atoms with Gasteiger partial charge in [0.05, 0.1) is 0 Å². The second-order valence-electron chi connectivity index (χ2n) is 3.60. The van der Waals surface area contributed by atoms with E-state index in [-0.39, 0.29) is 0 Å².